The van der Waals surface area contributed by atoms with Crippen molar-refractivity contribution in [2.24, 2.45) is 0 Å². The fourth-order valence-corrected chi connectivity index (χ4v) is 4.20. The summed E-state index contributed by atoms with van der Waals surface area (Å²) >= 11 is 0. The molecule has 0 saturated carbocycles. The van der Waals surface area contributed by atoms with Crippen LogP contribution in [0.3, 0.4) is 0 Å². The van der Waals surface area contributed by atoms with Crippen molar-refractivity contribution in [1.29, 1.82) is 0 Å². The van der Waals surface area contributed by atoms with Crippen molar-refractivity contribution in [3.05, 3.63) is 78.1 Å². The summed E-state index contributed by atoms with van der Waals surface area (Å²) in [5.41, 5.74) is 4.17. The molecule has 0 aliphatic carbocycles. The maximum absolute atomic E-state index is 12.7. The smallest absolute Gasteiger partial charge is 0.406 e. The van der Waals surface area contributed by atoms with E-state index in [0.717, 1.165) is 24.3 Å². The number of alkyl halides is 3. The van der Waals surface area contributed by atoms with E-state index >= 15 is 0 Å². The number of amides is 1. The minimum Gasteiger partial charge on any atom is -0.406 e. The van der Waals surface area contributed by atoms with Gasteiger partial charge in [0.2, 0.25) is 0 Å². The molecule has 0 atom stereocenters. The van der Waals surface area contributed by atoms with Crippen LogP contribution in [0.15, 0.2) is 61.2 Å². The molecule has 3 aromatic heterocycles. The molecule has 5 rings (SSSR count). The van der Waals surface area contributed by atoms with E-state index in [9.17, 15) is 18.0 Å². The van der Waals surface area contributed by atoms with E-state index in [1.54, 1.807) is 29.4 Å². The van der Waals surface area contributed by atoms with Crippen LogP contribution in [0.2, 0.25) is 0 Å². The Labute approximate surface area is 217 Å². The number of rotatable bonds is 6. The predicted octanol–water partition coefficient (Wildman–Crippen LogP) is 3.77. The zero-order valence-electron chi connectivity index (χ0n) is 20.9. The lowest BCUT2D eigenvalue weighted by atomic mass is 10.2. The van der Waals surface area contributed by atoms with Crippen LogP contribution in [-0.4, -0.2) is 79.6 Å². The van der Waals surface area contributed by atoms with Crippen molar-refractivity contribution in [1.82, 2.24) is 34.1 Å². The van der Waals surface area contributed by atoms with Crippen LogP contribution in [0.4, 0.5) is 13.2 Å². The van der Waals surface area contributed by atoms with Crippen LogP contribution in [-0.2, 0) is 6.54 Å². The fraction of sp³-hybridized carbons (Fsp3) is 0.308. The maximum atomic E-state index is 12.7. The van der Waals surface area contributed by atoms with Gasteiger partial charge in [0.15, 0.2) is 0 Å². The van der Waals surface area contributed by atoms with Gasteiger partial charge in [0.05, 0.1) is 12.9 Å². The monoisotopic (exact) mass is 525 g/mol. The van der Waals surface area contributed by atoms with E-state index in [0.29, 0.717) is 42.4 Å². The van der Waals surface area contributed by atoms with E-state index in [4.69, 9.17) is 0 Å². The van der Waals surface area contributed by atoms with Gasteiger partial charge in [-0.2, -0.15) is 5.10 Å². The topological polar surface area (TPSA) is 81.3 Å². The number of ether oxygens (including phenoxy) is 1. The fourth-order valence-electron chi connectivity index (χ4n) is 4.20. The van der Waals surface area contributed by atoms with E-state index in [1.807, 2.05) is 35.7 Å². The van der Waals surface area contributed by atoms with E-state index in [2.05, 4.69) is 24.7 Å². The number of imidazole rings is 1. The lowest BCUT2D eigenvalue weighted by Gasteiger charge is -2.32. The standard InChI is InChI=1S/C26H26F3N7O2/c1-18-13-23(24-16-35(17-31-24)20-4-6-21(7-5-20)38-26(27,28)29)32-36(18)15-19-3-8-22(30-14-19)25(37)34-11-9-33(2)10-12-34/h3-8,13-14,16-17H,9-12,15H2,1-2H3. The normalized spacial score (nSPS) is 14.6. The second-order valence-corrected chi connectivity index (χ2v) is 9.18. The predicted molar refractivity (Wildman–Crippen MR) is 133 cm³/mol. The summed E-state index contributed by atoms with van der Waals surface area (Å²) in [6.07, 6.45) is 0.293. The first-order valence-corrected chi connectivity index (χ1v) is 12.0. The molecule has 1 aromatic carbocycles. The first-order chi connectivity index (χ1) is 18.1. The largest absolute Gasteiger partial charge is 0.573 e. The molecule has 1 amide bonds. The highest BCUT2D eigenvalue weighted by Gasteiger charge is 2.31. The molecule has 0 N–H and O–H groups in total. The number of hydrogen-bond donors (Lipinski definition) is 0. The molecule has 1 aliphatic rings. The summed E-state index contributed by atoms with van der Waals surface area (Å²) in [6, 6.07) is 11.1. The molecule has 9 nitrogen and oxygen atoms in total. The van der Waals surface area contributed by atoms with Gasteiger partial charge in [-0.15, -0.1) is 13.2 Å². The van der Waals surface area contributed by atoms with Gasteiger partial charge in [0, 0.05) is 50.0 Å². The van der Waals surface area contributed by atoms with Gasteiger partial charge < -0.3 is 19.1 Å². The average Bonchev–Trinajstić information content (AvgIpc) is 3.51. The van der Waals surface area contributed by atoms with Crippen LogP contribution >= 0.6 is 0 Å². The van der Waals surface area contributed by atoms with Gasteiger partial charge >= 0.3 is 6.36 Å². The maximum Gasteiger partial charge on any atom is 0.573 e. The zero-order valence-corrected chi connectivity index (χ0v) is 20.9. The molecule has 4 heterocycles. The lowest BCUT2D eigenvalue weighted by molar-refractivity contribution is -0.274. The third-order valence-electron chi connectivity index (χ3n) is 6.36. The van der Waals surface area contributed by atoms with Crippen molar-refractivity contribution >= 4 is 5.91 Å². The van der Waals surface area contributed by atoms with Crippen molar-refractivity contribution in [3.8, 4) is 22.8 Å². The molecular formula is C26H26F3N7O2. The second kappa shape index (κ2) is 10.3. The molecule has 1 saturated heterocycles. The molecule has 0 spiro atoms. The number of piperazine rings is 1. The minimum atomic E-state index is -4.74. The Bertz CT molecular complexity index is 1400. The molecule has 0 radical (unpaired) electrons. The molecule has 1 fully saturated rings. The molecule has 0 unspecified atom stereocenters. The zero-order chi connectivity index (χ0) is 26.9. The minimum absolute atomic E-state index is 0.0553. The first kappa shape index (κ1) is 25.5. The quantitative estimate of drug-likeness (QED) is 0.381. The number of carbonyl (C=O) groups is 1. The number of halogens is 3. The second-order valence-electron chi connectivity index (χ2n) is 9.18. The lowest BCUT2D eigenvalue weighted by Crippen LogP contribution is -2.47. The average molecular weight is 526 g/mol. The van der Waals surface area contributed by atoms with Gasteiger partial charge in [0.1, 0.15) is 22.8 Å². The molecular weight excluding hydrogens is 499 g/mol. The van der Waals surface area contributed by atoms with Gasteiger partial charge in [-0.3, -0.25) is 14.5 Å². The van der Waals surface area contributed by atoms with E-state index < -0.39 is 6.36 Å². The Morgan fingerprint density at radius 2 is 1.74 bits per heavy atom. The Morgan fingerprint density at radius 1 is 1.00 bits per heavy atom. The number of aryl methyl sites for hydroxylation is 1. The highest BCUT2D eigenvalue weighted by molar-refractivity contribution is 5.92. The van der Waals surface area contributed by atoms with Gasteiger partial charge in [-0.25, -0.2) is 4.98 Å². The summed E-state index contributed by atoms with van der Waals surface area (Å²) < 4.78 is 44.6. The summed E-state index contributed by atoms with van der Waals surface area (Å²) in [5, 5.41) is 4.66. The third-order valence-corrected chi connectivity index (χ3v) is 6.36. The van der Waals surface area contributed by atoms with Crippen molar-refractivity contribution in [2.75, 3.05) is 33.2 Å². The van der Waals surface area contributed by atoms with Crippen LogP contribution in [0.5, 0.6) is 5.75 Å². The Hall–Kier alpha value is -4.19. The molecule has 198 valence electrons. The van der Waals surface area contributed by atoms with Crippen molar-refractivity contribution < 1.29 is 22.7 Å². The van der Waals surface area contributed by atoms with Crippen molar-refractivity contribution in [3.63, 3.8) is 0 Å². The summed E-state index contributed by atoms with van der Waals surface area (Å²) in [5.74, 6) is -0.345. The SMILES string of the molecule is Cc1cc(-c2cn(-c3ccc(OC(F)(F)F)cc3)cn2)nn1Cc1ccc(C(=O)N2CCN(C)CC2)nc1. The van der Waals surface area contributed by atoms with Gasteiger partial charge in [0.25, 0.3) is 5.91 Å². The summed E-state index contributed by atoms with van der Waals surface area (Å²) in [7, 11) is 2.04. The number of nitrogens with zero attached hydrogens (tertiary/aromatic N) is 7. The van der Waals surface area contributed by atoms with E-state index in [-0.39, 0.29) is 11.7 Å². The van der Waals surface area contributed by atoms with Crippen LogP contribution in [0, 0.1) is 6.92 Å². The molecule has 4 aromatic rings. The highest BCUT2D eigenvalue weighted by atomic mass is 19.4. The summed E-state index contributed by atoms with van der Waals surface area (Å²) in [6.45, 7) is 5.51. The third kappa shape index (κ3) is 5.86. The Kier molecular flexibility index (Phi) is 6.89. The van der Waals surface area contributed by atoms with Crippen LogP contribution < -0.4 is 4.74 Å². The van der Waals surface area contributed by atoms with Crippen molar-refractivity contribution in [2.45, 2.75) is 19.8 Å². The van der Waals surface area contributed by atoms with Gasteiger partial charge in [-0.1, -0.05) is 6.07 Å². The van der Waals surface area contributed by atoms with E-state index in [1.165, 1.54) is 24.3 Å². The molecule has 1 aliphatic heterocycles. The Morgan fingerprint density at radius 3 is 2.39 bits per heavy atom. The molecule has 0 bridgehead atoms. The number of likely N-dealkylation sites (N-methyl/N-ethyl adjacent to an activating group) is 1. The number of benzene rings is 1. The van der Waals surface area contributed by atoms with Crippen LogP contribution in [0.1, 0.15) is 21.7 Å². The number of carbonyl (C=O) groups excluding carboxylic acids is 1. The number of pyridine rings is 1. The first-order valence-electron chi connectivity index (χ1n) is 12.0. The number of aromatic nitrogens is 5. The molecule has 38 heavy (non-hydrogen) atoms. The van der Waals surface area contributed by atoms with Crippen LogP contribution in [0.25, 0.3) is 17.1 Å². The summed E-state index contributed by atoms with van der Waals surface area (Å²) in [4.78, 5) is 25.6. The number of hydrogen-bond acceptors (Lipinski definition) is 6. The Balaban J connectivity index is 1.25. The highest BCUT2D eigenvalue weighted by Crippen LogP contribution is 2.25. The van der Waals surface area contributed by atoms with Gasteiger partial charge in [-0.05, 0) is 55.9 Å². The molecule has 12 heteroatoms.